The Morgan fingerprint density at radius 1 is 1.12 bits per heavy atom. The van der Waals surface area contributed by atoms with E-state index in [9.17, 15) is 14.0 Å². The van der Waals surface area contributed by atoms with Gasteiger partial charge in [-0.15, -0.1) is 11.3 Å². The first kappa shape index (κ1) is 22.8. The van der Waals surface area contributed by atoms with Crippen molar-refractivity contribution in [3.8, 4) is 6.07 Å². The van der Waals surface area contributed by atoms with Crippen LogP contribution in [0.15, 0.2) is 47.8 Å². The molecule has 2 aromatic carbocycles. The second kappa shape index (κ2) is 8.86. The molecule has 0 spiro atoms. The molecule has 4 rings (SSSR count). The van der Waals surface area contributed by atoms with E-state index >= 15 is 4.39 Å². The van der Waals surface area contributed by atoms with Crippen molar-refractivity contribution < 1.29 is 13.2 Å². The molecule has 0 saturated carbocycles. The van der Waals surface area contributed by atoms with Crippen LogP contribution in [0.25, 0.3) is 0 Å². The number of thiazole rings is 1. The number of nitrogens with zero attached hydrogens (tertiary/aromatic N) is 3. The minimum atomic E-state index is -1.66. The number of benzene rings is 2. The van der Waals surface area contributed by atoms with E-state index in [4.69, 9.17) is 11.6 Å². The molecule has 2 heterocycles. The highest BCUT2D eigenvalue weighted by Crippen LogP contribution is 2.46. The summed E-state index contributed by atoms with van der Waals surface area (Å²) >= 11 is 7.44. The molecule has 0 aliphatic carbocycles. The van der Waals surface area contributed by atoms with Gasteiger partial charge in [-0.25, -0.2) is 18.2 Å². The zero-order chi connectivity index (χ0) is 23.0. The number of halogens is 4. The van der Waals surface area contributed by atoms with Gasteiger partial charge in [0.25, 0.3) is 0 Å². The Labute approximate surface area is 194 Å². The van der Waals surface area contributed by atoms with Crippen LogP contribution >= 0.6 is 22.9 Å². The first-order chi connectivity index (χ1) is 15.2. The number of likely N-dealkylation sites (tertiary alicyclic amines) is 1. The van der Waals surface area contributed by atoms with Crippen LogP contribution in [0.2, 0.25) is 5.02 Å². The van der Waals surface area contributed by atoms with E-state index in [1.54, 1.807) is 17.5 Å². The Bertz CT molecular complexity index is 1120. The molecule has 1 aliphatic heterocycles. The molecule has 0 bridgehead atoms. The predicted octanol–water partition coefficient (Wildman–Crippen LogP) is 6.50. The third kappa shape index (κ3) is 4.68. The molecule has 1 saturated heterocycles. The Balaban J connectivity index is 1.63. The Kier molecular flexibility index (Phi) is 6.30. The van der Waals surface area contributed by atoms with Crippen LogP contribution in [0.3, 0.4) is 0 Å². The molecule has 0 radical (unpaired) electrons. The summed E-state index contributed by atoms with van der Waals surface area (Å²) in [7, 11) is 0. The number of nitriles is 1. The molecule has 0 amide bonds. The third-order valence-corrected chi connectivity index (χ3v) is 6.96. The van der Waals surface area contributed by atoms with E-state index in [1.165, 1.54) is 37.3 Å². The summed E-state index contributed by atoms with van der Waals surface area (Å²) in [5, 5.41) is 12.3. The Morgan fingerprint density at radius 2 is 1.75 bits per heavy atom. The maximum absolute atomic E-state index is 15.2. The summed E-state index contributed by atoms with van der Waals surface area (Å²) < 4.78 is 42.9. The van der Waals surface area contributed by atoms with Crippen LogP contribution < -0.4 is 0 Å². The van der Waals surface area contributed by atoms with Crippen molar-refractivity contribution in [1.82, 2.24) is 9.88 Å². The molecular weight excluding hydrogens is 455 g/mol. The molecule has 3 aromatic rings. The number of aromatic nitrogens is 1. The molecule has 2 unspecified atom stereocenters. The first-order valence-corrected chi connectivity index (χ1v) is 11.4. The second-order valence-corrected chi connectivity index (χ2v) is 9.92. The van der Waals surface area contributed by atoms with Crippen molar-refractivity contribution in [2.24, 2.45) is 5.92 Å². The average Bonchev–Trinajstić information content (AvgIpc) is 3.14. The monoisotopic (exact) mass is 475 g/mol. The van der Waals surface area contributed by atoms with Crippen molar-refractivity contribution in [3.63, 3.8) is 0 Å². The smallest absolute Gasteiger partial charge is 0.151 e. The molecule has 8 heteroatoms. The standard InChI is InChI=1S/C24H21ClF3N3S/c1-24(2,28)21(15-7-18(26)9-19(27)8-15)16-11-31(12-16)22(14-3-5-17(25)6-4-14)23-30-20(10-29)13-32-23/h3-9,13,16,21-22H,11-12H2,1-2H3. The number of hydrogen-bond acceptors (Lipinski definition) is 4. The largest absolute Gasteiger partial charge is 0.290 e. The quantitative estimate of drug-likeness (QED) is 0.408. The highest BCUT2D eigenvalue weighted by Gasteiger charge is 2.45. The summed E-state index contributed by atoms with van der Waals surface area (Å²) in [5.41, 5.74) is -0.0376. The van der Waals surface area contributed by atoms with Crippen LogP contribution in [0.1, 0.15) is 47.6 Å². The minimum Gasteiger partial charge on any atom is -0.290 e. The number of rotatable bonds is 6. The maximum atomic E-state index is 15.2. The lowest BCUT2D eigenvalue weighted by molar-refractivity contribution is 0.00800. The van der Waals surface area contributed by atoms with E-state index in [1.807, 2.05) is 12.1 Å². The molecular formula is C24H21ClF3N3S. The van der Waals surface area contributed by atoms with Crippen LogP contribution in [-0.2, 0) is 0 Å². The summed E-state index contributed by atoms with van der Waals surface area (Å²) in [6.45, 7) is 3.93. The van der Waals surface area contributed by atoms with E-state index < -0.39 is 23.2 Å². The molecule has 1 aromatic heterocycles. The molecule has 0 N–H and O–H groups in total. The van der Waals surface area contributed by atoms with Gasteiger partial charge in [-0.1, -0.05) is 23.7 Å². The molecule has 3 nitrogen and oxygen atoms in total. The molecule has 1 aliphatic rings. The highest BCUT2D eigenvalue weighted by molar-refractivity contribution is 7.09. The van der Waals surface area contributed by atoms with Gasteiger partial charge in [-0.3, -0.25) is 4.90 Å². The Hall–Kier alpha value is -2.40. The normalized spacial score (nSPS) is 16.9. The van der Waals surface area contributed by atoms with Crippen LogP contribution in [0.4, 0.5) is 13.2 Å². The lowest BCUT2D eigenvalue weighted by atomic mass is 9.72. The predicted molar refractivity (Wildman–Crippen MR) is 119 cm³/mol. The summed E-state index contributed by atoms with van der Waals surface area (Å²) in [6.07, 6.45) is 0. The lowest BCUT2D eigenvalue weighted by Gasteiger charge is -2.49. The fourth-order valence-electron chi connectivity index (χ4n) is 4.57. The van der Waals surface area contributed by atoms with E-state index in [2.05, 4.69) is 16.0 Å². The molecule has 166 valence electrons. The summed E-state index contributed by atoms with van der Waals surface area (Å²) in [6, 6.07) is 12.5. The number of alkyl halides is 1. The Morgan fingerprint density at radius 3 is 2.28 bits per heavy atom. The zero-order valence-electron chi connectivity index (χ0n) is 17.5. The van der Waals surface area contributed by atoms with Gasteiger partial charge in [0.2, 0.25) is 0 Å². The molecule has 1 fully saturated rings. The van der Waals surface area contributed by atoms with Crippen LogP contribution in [0.5, 0.6) is 0 Å². The number of hydrogen-bond donors (Lipinski definition) is 0. The van der Waals surface area contributed by atoms with Crippen molar-refractivity contribution in [2.75, 3.05) is 13.1 Å². The third-order valence-electron chi connectivity index (χ3n) is 5.81. The van der Waals surface area contributed by atoms with Gasteiger partial charge in [0.1, 0.15) is 28.4 Å². The van der Waals surface area contributed by atoms with Gasteiger partial charge < -0.3 is 0 Å². The van der Waals surface area contributed by atoms with Gasteiger partial charge >= 0.3 is 0 Å². The SMILES string of the molecule is CC(C)(F)C(c1cc(F)cc(F)c1)C1CN(C(c2ccc(Cl)cc2)c2nc(C#N)cs2)C1. The molecule has 32 heavy (non-hydrogen) atoms. The van der Waals surface area contributed by atoms with Crippen molar-refractivity contribution in [3.05, 3.63) is 86.3 Å². The van der Waals surface area contributed by atoms with Gasteiger partial charge in [0.15, 0.2) is 5.69 Å². The summed E-state index contributed by atoms with van der Waals surface area (Å²) in [4.78, 5) is 6.58. The highest BCUT2D eigenvalue weighted by atomic mass is 35.5. The van der Waals surface area contributed by atoms with E-state index in [0.717, 1.165) is 16.6 Å². The zero-order valence-corrected chi connectivity index (χ0v) is 19.1. The fraction of sp³-hybridized carbons (Fsp3) is 0.333. The van der Waals surface area contributed by atoms with Crippen molar-refractivity contribution in [1.29, 1.82) is 5.26 Å². The first-order valence-electron chi connectivity index (χ1n) is 10.2. The van der Waals surface area contributed by atoms with Crippen molar-refractivity contribution >= 4 is 22.9 Å². The van der Waals surface area contributed by atoms with Gasteiger partial charge in [0.05, 0.1) is 6.04 Å². The lowest BCUT2D eigenvalue weighted by Crippen LogP contribution is -2.53. The topological polar surface area (TPSA) is 39.9 Å². The minimum absolute atomic E-state index is 0.138. The summed E-state index contributed by atoms with van der Waals surface area (Å²) in [5.74, 6) is -2.23. The second-order valence-electron chi connectivity index (χ2n) is 8.60. The van der Waals surface area contributed by atoms with Gasteiger partial charge in [-0.2, -0.15) is 5.26 Å². The van der Waals surface area contributed by atoms with Crippen LogP contribution in [-0.4, -0.2) is 28.6 Å². The molecule has 2 atom stereocenters. The van der Waals surface area contributed by atoms with Gasteiger partial charge in [-0.05, 0) is 55.2 Å². The average molecular weight is 476 g/mol. The van der Waals surface area contributed by atoms with E-state index in [-0.39, 0.29) is 12.0 Å². The maximum Gasteiger partial charge on any atom is 0.151 e. The van der Waals surface area contributed by atoms with Crippen molar-refractivity contribution in [2.45, 2.75) is 31.5 Å². The van der Waals surface area contributed by atoms with Crippen LogP contribution in [0, 0.1) is 28.9 Å². The van der Waals surface area contributed by atoms with Gasteiger partial charge in [0, 0.05) is 35.5 Å². The fourth-order valence-corrected chi connectivity index (χ4v) is 5.60. The van der Waals surface area contributed by atoms with E-state index in [0.29, 0.717) is 29.4 Å².